The molecule has 0 aliphatic heterocycles. The van der Waals surface area contributed by atoms with E-state index in [4.69, 9.17) is 4.74 Å². The average Bonchev–Trinajstić information content (AvgIpc) is 2.94. The molecule has 0 aliphatic carbocycles. The van der Waals surface area contributed by atoms with E-state index in [1.54, 1.807) is 0 Å². The molecular weight excluding hydrogens is 341 g/mol. The van der Waals surface area contributed by atoms with Crippen LogP contribution < -0.4 is 10.1 Å². The minimum absolute atomic E-state index is 0.0238. The molecule has 0 aliphatic rings. The lowest BCUT2D eigenvalue weighted by Gasteiger charge is -2.09. The zero-order valence-electron chi connectivity index (χ0n) is 12.1. The van der Waals surface area contributed by atoms with E-state index in [1.807, 2.05) is 24.3 Å². The number of alkyl halides is 3. The zero-order valence-corrected chi connectivity index (χ0v) is 12.9. The van der Waals surface area contributed by atoms with Gasteiger partial charge in [0.15, 0.2) is 11.7 Å². The van der Waals surface area contributed by atoms with E-state index in [1.165, 1.54) is 23.5 Å². The fourth-order valence-corrected chi connectivity index (χ4v) is 2.87. The van der Waals surface area contributed by atoms with Crippen molar-refractivity contribution in [3.8, 4) is 5.75 Å². The molecule has 1 amide bonds. The SMILES string of the molecule is O=C(COc1cccc(C(F)(F)F)c1)Nc1nc2ccccc2s1. The molecule has 0 bridgehead atoms. The van der Waals surface area contributed by atoms with Crippen molar-refractivity contribution in [2.75, 3.05) is 11.9 Å². The van der Waals surface area contributed by atoms with E-state index in [0.717, 1.165) is 22.3 Å². The van der Waals surface area contributed by atoms with Crippen molar-refractivity contribution in [1.29, 1.82) is 0 Å². The van der Waals surface area contributed by atoms with Gasteiger partial charge < -0.3 is 4.74 Å². The largest absolute Gasteiger partial charge is 0.484 e. The Morgan fingerprint density at radius 3 is 2.71 bits per heavy atom. The van der Waals surface area contributed by atoms with Crippen molar-refractivity contribution >= 4 is 32.6 Å². The van der Waals surface area contributed by atoms with E-state index in [2.05, 4.69) is 10.3 Å². The van der Waals surface area contributed by atoms with Crippen LogP contribution in [0.5, 0.6) is 5.75 Å². The summed E-state index contributed by atoms with van der Waals surface area (Å²) in [5, 5.41) is 2.98. The second kappa shape index (κ2) is 6.48. The highest BCUT2D eigenvalue weighted by molar-refractivity contribution is 7.22. The Morgan fingerprint density at radius 2 is 1.96 bits per heavy atom. The van der Waals surface area contributed by atoms with E-state index >= 15 is 0 Å². The fourth-order valence-electron chi connectivity index (χ4n) is 1.99. The Labute approximate surface area is 138 Å². The molecule has 0 atom stereocenters. The second-order valence-electron chi connectivity index (χ2n) is 4.85. The topological polar surface area (TPSA) is 51.2 Å². The maximum Gasteiger partial charge on any atom is 0.416 e. The van der Waals surface area contributed by atoms with Crippen molar-refractivity contribution in [3.05, 3.63) is 54.1 Å². The van der Waals surface area contributed by atoms with Crippen LogP contribution in [-0.4, -0.2) is 17.5 Å². The summed E-state index contributed by atoms with van der Waals surface area (Å²) < 4.78 is 43.9. The number of hydrogen-bond acceptors (Lipinski definition) is 4. The van der Waals surface area contributed by atoms with Crippen molar-refractivity contribution in [2.45, 2.75) is 6.18 Å². The molecule has 3 rings (SSSR count). The number of carbonyl (C=O) groups is 1. The molecule has 0 fully saturated rings. The number of ether oxygens (including phenoxy) is 1. The lowest BCUT2D eigenvalue weighted by Crippen LogP contribution is -2.20. The normalized spacial score (nSPS) is 11.5. The van der Waals surface area contributed by atoms with Gasteiger partial charge in [-0.15, -0.1) is 0 Å². The predicted molar refractivity (Wildman–Crippen MR) is 85.2 cm³/mol. The van der Waals surface area contributed by atoms with Gasteiger partial charge in [-0.25, -0.2) is 4.98 Å². The van der Waals surface area contributed by atoms with E-state index in [-0.39, 0.29) is 5.75 Å². The van der Waals surface area contributed by atoms with Gasteiger partial charge in [0.2, 0.25) is 0 Å². The smallest absolute Gasteiger partial charge is 0.416 e. The molecule has 24 heavy (non-hydrogen) atoms. The Balaban J connectivity index is 1.61. The van der Waals surface area contributed by atoms with Gasteiger partial charge in [-0.2, -0.15) is 13.2 Å². The van der Waals surface area contributed by atoms with Crippen molar-refractivity contribution in [1.82, 2.24) is 4.98 Å². The number of nitrogens with zero attached hydrogens (tertiary/aromatic N) is 1. The van der Waals surface area contributed by atoms with E-state index in [9.17, 15) is 18.0 Å². The average molecular weight is 352 g/mol. The third-order valence-electron chi connectivity index (χ3n) is 3.07. The van der Waals surface area contributed by atoms with Gasteiger partial charge in [0, 0.05) is 0 Å². The van der Waals surface area contributed by atoms with Crippen LogP contribution in [0.4, 0.5) is 18.3 Å². The van der Waals surface area contributed by atoms with Gasteiger partial charge in [-0.1, -0.05) is 29.5 Å². The van der Waals surface area contributed by atoms with Crippen LogP contribution in [0.25, 0.3) is 10.2 Å². The summed E-state index contributed by atoms with van der Waals surface area (Å²) in [6.07, 6.45) is -4.46. The number of hydrogen-bond donors (Lipinski definition) is 1. The Bertz CT molecular complexity index is 844. The fraction of sp³-hybridized carbons (Fsp3) is 0.125. The molecule has 0 spiro atoms. The number of halogens is 3. The first kappa shape index (κ1) is 16.3. The first-order valence-corrected chi connectivity index (χ1v) is 7.69. The van der Waals surface area contributed by atoms with Crippen LogP contribution in [0.2, 0.25) is 0 Å². The summed E-state index contributed by atoms with van der Waals surface area (Å²) in [6.45, 7) is -0.406. The van der Waals surface area contributed by atoms with Crippen molar-refractivity contribution < 1.29 is 22.7 Å². The highest BCUT2D eigenvalue weighted by atomic mass is 32.1. The first-order valence-electron chi connectivity index (χ1n) is 6.87. The Hall–Kier alpha value is -2.61. The van der Waals surface area contributed by atoms with E-state index in [0.29, 0.717) is 5.13 Å². The molecule has 3 aromatic rings. The second-order valence-corrected chi connectivity index (χ2v) is 5.88. The highest BCUT2D eigenvalue weighted by Crippen LogP contribution is 2.31. The number of benzene rings is 2. The van der Waals surface area contributed by atoms with Crippen LogP contribution in [-0.2, 0) is 11.0 Å². The maximum atomic E-state index is 12.6. The van der Waals surface area contributed by atoms with Gasteiger partial charge >= 0.3 is 6.18 Å². The molecule has 2 aromatic carbocycles. The molecule has 0 saturated heterocycles. The van der Waals surface area contributed by atoms with Crippen molar-refractivity contribution in [3.63, 3.8) is 0 Å². The molecule has 1 heterocycles. The molecule has 4 nitrogen and oxygen atoms in total. The third kappa shape index (κ3) is 3.83. The molecule has 0 unspecified atom stereocenters. The minimum atomic E-state index is -4.46. The molecule has 0 radical (unpaired) electrons. The van der Waals surface area contributed by atoms with Gasteiger partial charge in [0.1, 0.15) is 5.75 Å². The summed E-state index contributed by atoms with van der Waals surface area (Å²) in [4.78, 5) is 16.1. The number of para-hydroxylation sites is 1. The third-order valence-corrected chi connectivity index (χ3v) is 4.02. The molecule has 124 valence electrons. The van der Waals surface area contributed by atoms with Gasteiger partial charge in [0.05, 0.1) is 15.8 Å². The number of rotatable bonds is 4. The predicted octanol–water partition coefficient (Wildman–Crippen LogP) is 4.33. The van der Waals surface area contributed by atoms with Crippen LogP contribution in [0, 0.1) is 0 Å². The van der Waals surface area contributed by atoms with Crippen LogP contribution in [0.1, 0.15) is 5.56 Å². The monoisotopic (exact) mass is 352 g/mol. The summed E-state index contributed by atoms with van der Waals surface area (Å²) in [6, 6.07) is 11.8. The maximum absolute atomic E-state index is 12.6. The van der Waals surface area contributed by atoms with Crippen LogP contribution in [0.15, 0.2) is 48.5 Å². The van der Waals surface area contributed by atoms with Crippen LogP contribution in [0.3, 0.4) is 0 Å². The van der Waals surface area contributed by atoms with Gasteiger partial charge in [-0.3, -0.25) is 10.1 Å². The summed E-state index contributed by atoms with van der Waals surface area (Å²) in [7, 11) is 0. The number of anilines is 1. The first-order chi connectivity index (χ1) is 11.4. The number of thiazole rings is 1. The molecule has 8 heteroatoms. The standard InChI is InChI=1S/C16H11F3N2O2S/c17-16(18,19)10-4-3-5-11(8-10)23-9-14(22)21-15-20-12-6-1-2-7-13(12)24-15/h1-8H,9H2,(H,20,21,22). The number of amides is 1. The number of aromatic nitrogens is 1. The van der Waals surface area contributed by atoms with Crippen LogP contribution >= 0.6 is 11.3 Å². The van der Waals surface area contributed by atoms with Crippen molar-refractivity contribution in [2.24, 2.45) is 0 Å². The highest BCUT2D eigenvalue weighted by Gasteiger charge is 2.30. The number of fused-ring (bicyclic) bond motifs is 1. The zero-order chi connectivity index (χ0) is 17.2. The summed E-state index contributed by atoms with van der Waals surface area (Å²) in [5.74, 6) is -0.518. The quantitative estimate of drug-likeness (QED) is 0.760. The number of nitrogens with one attached hydrogen (secondary N) is 1. The Kier molecular flexibility index (Phi) is 4.39. The van der Waals surface area contributed by atoms with Gasteiger partial charge in [0.25, 0.3) is 5.91 Å². The Morgan fingerprint density at radius 1 is 1.17 bits per heavy atom. The number of carbonyl (C=O) groups excluding carboxylic acids is 1. The van der Waals surface area contributed by atoms with E-state index < -0.39 is 24.3 Å². The molecule has 1 aromatic heterocycles. The summed E-state index contributed by atoms with van der Waals surface area (Å²) >= 11 is 1.31. The molecule has 0 saturated carbocycles. The molecular formula is C16H11F3N2O2S. The molecule has 1 N–H and O–H groups in total. The van der Waals surface area contributed by atoms with Gasteiger partial charge in [-0.05, 0) is 30.3 Å². The minimum Gasteiger partial charge on any atom is -0.484 e. The lowest BCUT2D eigenvalue weighted by molar-refractivity contribution is -0.137. The lowest BCUT2D eigenvalue weighted by atomic mass is 10.2. The summed E-state index contributed by atoms with van der Waals surface area (Å²) in [5.41, 5.74) is -0.0665.